The second-order valence-electron chi connectivity index (χ2n) is 37.0. The Bertz CT molecular complexity index is 10100. The number of hydrogen-bond donors (Lipinski definition) is 0. The van der Waals surface area contributed by atoms with Crippen LogP contribution in [-0.2, 0) is 9.13 Å². The van der Waals surface area contributed by atoms with E-state index in [1.807, 2.05) is 155 Å². The van der Waals surface area contributed by atoms with Crippen molar-refractivity contribution >= 4 is 201 Å². The molecule has 12 heteroatoms. The molecule has 1 atom stereocenters. The van der Waals surface area contributed by atoms with Gasteiger partial charge in [0.05, 0.1) is 58.2 Å². The maximum absolute atomic E-state index is 15.4. The molecule has 0 aliphatic carbocycles. The van der Waals surface area contributed by atoms with E-state index < -0.39 is 14.3 Å². The Morgan fingerprint density at radius 2 is 0.510 bits per heavy atom. The fraction of sp³-hybridized carbons (Fsp3) is 0. The second-order valence-corrected chi connectivity index (χ2v) is 45.6. The molecule has 0 saturated carbocycles. The van der Waals surface area contributed by atoms with Gasteiger partial charge >= 0.3 is 0 Å². The number of thiazole rings is 3. The zero-order valence-corrected chi connectivity index (χ0v) is 82.6. The maximum Gasteiger partial charge on any atom is 0.171 e. The summed E-state index contributed by atoms with van der Waals surface area (Å²) in [6.07, 6.45) is 0. The highest BCUT2D eigenvalue weighted by atomic mass is 32.1. The highest BCUT2D eigenvalue weighted by molar-refractivity contribution is 7.85. The van der Waals surface area contributed by atoms with Crippen molar-refractivity contribution in [1.29, 1.82) is 0 Å². The SMILES string of the molecule is O=P(c1ccccc1)(c1ccc(-c2c3cc(-c4ccccc4)ccc3n3c2sc2ccccc23)cc1)c1ccc2ccccc2c1.O=P(c1ccccc1)(c1ccccc1)c1ccc(-c2ccc(-c3c4cc(-c5ccc6ccccc6c5)ccc4n4c3sc3ccccc34)cc2)cc1.c1ccc(-n2c(-c3ccc(-c4c5cc(-c6cccc7ccccc67)ccc5n5c4sc4ccccc45)cc3)nc3ccccc32)cc1. The molecule has 7 heterocycles. The quantitative estimate of drug-likeness (QED) is 0.0961. The lowest BCUT2D eigenvalue weighted by atomic mass is 9.95. The summed E-state index contributed by atoms with van der Waals surface area (Å²) in [5.74, 6) is 0.941. The third-order valence-corrected chi connectivity index (χ3v) is 38.3. The normalized spacial score (nSPS) is 12.2. The van der Waals surface area contributed by atoms with Crippen LogP contribution in [0.3, 0.4) is 0 Å². The molecule has 0 aliphatic heterocycles. The zero-order chi connectivity index (χ0) is 96.2. The number of aromatic nitrogens is 5. The van der Waals surface area contributed by atoms with E-state index in [0.717, 1.165) is 87.4 Å². The van der Waals surface area contributed by atoms with E-state index in [1.54, 1.807) is 0 Å². The standard InChI is InChI=1S/C48H32NOPS.C43H27N3S.C42H28NOPS/c50-51(40-13-3-1-4-14-40,41-15-5-2-6-16-41)42-28-25-35(26-29-42)34-19-22-36(23-20-34)47-43-32-39(38-24-21-33-11-7-8-12-37(33)31-38)27-30-44(43)49-45-17-9-10-18-46(45)52-48(47)49;1-2-13-32(14-3-1)45-38-18-7-6-17-36(38)44-42(45)30-23-21-29(22-24-30)41-35-27-31(34-16-10-12-28-11-4-5-15-33(28)34)25-26-37(35)46-39-19-8-9-20-40(39)47-43(41)46;44-45(34-15-5-2-6-16-34,36-25-19-30-13-7-8-14-32(30)27-36)35-23-20-31(21-24-35)41-37-28-33(29-11-3-1-4-12-29)22-26-38(37)43-39-17-9-10-18-40(39)46-42(41)43/h1-32H;1-27H;1-28H. The number of rotatable bonds is 15. The van der Waals surface area contributed by atoms with E-state index in [9.17, 15) is 4.57 Å². The molecule has 7 nitrogen and oxygen atoms in total. The van der Waals surface area contributed by atoms with E-state index in [4.69, 9.17) is 4.98 Å². The van der Waals surface area contributed by atoms with E-state index in [1.165, 1.54) is 161 Å². The Hall–Kier alpha value is -17.2. The van der Waals surface area contributed by atoms with Gasteiger partial charge < -0.3 is 9.13 Å². The maximum atomic E-state index is 15.4. The van der Waals surface area contributed by atoms with Gasteiger partial charge in [-0.2, -0.15) is 0 Å². The van der Waals surface area contributed by atoms with Crippen molar-refractivity contribution in [2.45, 2.75) is 0 Å². The van der Waals surface area contributed by atoms with Gasteiger partial charge in [-0.15, -0.1) is 34.0 Å². The first kappa shape index (κ1) is 86.9. The summed E-state index contributed by atoms with van der Waals surface area (Å²) in [7, 11) is -6.18. The Kier molecular flexibility index (Phi) is 21.6. The molecule has 7 aromatic heterocycles. The first-order chi connectivity index (χ1) is 71.6. The van der Waals surface area contributed by atoms with Gasteiger partial charge in [0.15, 0.2) is 14.3 Å². The predicted octanol–water partition coefficient (Wildman–Crippen LogP) is 34.3. The van der Waals surface area contributed by atoms with Crippen LogP contribution in [0.15, 0.2) is 528 Å². The molecule has 29 rings (SSSR count). The average Bonchev–Trinajstić information content (AvgIpc) is 1.57. The second kappa shape index (κ2) is 36.1. The third kappa shape index (κ3) is 15.0. The van der Waals surface area contributed by atoms with E-state index in [2.05, 4.69) is 424 Å². The van der Waals surface area contributed by atoms with E-state index >= 15 is 4.57 Å². The topological polar surface area (TPSA) is 65.2 Å². The van der Waals surface area contributed by atoms with Crippen LogP contribution in [0.4, 0.5) is 0 Å². The molecule has 0 fully saturated rings. The Morgan fingerprint density at radius 1 is 0.193 bits per heavy atom. The fourth-order valence-electron chi connectivity index (χ4n) is 21.7. The van der Waals surface area contributed by atoms with Gasteiger partial charge in [0, 0.05) is 75.9 Å². The van der Waals surface area contributed by atoms with Crippen molar-refractivity contribution in [2.24, 2.45) is 0 Å². The molecule has 145 heavy (non-hydrogen) atoms. The van der Waals surface area contributed by atoms with Crippen LogP contribution in [0.5, 0.6) is 0 Å². The van der Waals surface area contributed by atoms with Gasteiger partial charge in [0.2, 0.25) is 0 Å². The molecule has 0 spiro atoms. The van der Waals surface area contributed by atoms with Crippen molar-refractivity contribution in [1.82, 2.24) is 22.8 Å². The van der Waals surface area contributed by atoms with Gasteiger partial charge in [0.1, 0.15) is 20.3 Å². The number of imidazole rings is 1. The van der Waals surface area contributed by atoms with Crippen LogP contribution < -0.4 is 31.8 Å². The number of nitrogens with zero attached hydrogens (tertiary/aromatic N) is 5. The number of benzene rings is 22. The van der Waals surface area contributed by atoms with Gasteiger partial charge in [-0.25, -0.2) is 4.98 Å². The molecule has 0 N–H and O–H groups in total. The van der Waals surface area contributed by atoms with Gasteiger partial charge in [-0.3, -0.25) is 17.8 Å². The van der Waals surface area contributed by atoms with Crippen LogP contribution >= 0.6 is 48.3 Å². The monoisotopic (exact) mass is 1940 g/mol. The van der Waals surface area contributed by atoms with Gasteiger partial charge in [-0.1, -0.05) is 419 Å². The summed E-state index contributed by atoms with van der Waals surface area (Å²) in [6, 6.07) is 186. The Labute approximate surface area is 849 Å². The first-order valence-electron chi connectivity index (χ1n) is 48.9. The van der Waals surface area contributed by atoms with Crippen molar-refractivity contribution in [3.63, 3.8) is 0 Å². The minimum Gasteiger partial charge on any atom is -0.309 e. The van der Waals surface area contributed by atoms with Crippen molar-refractivity contribution in [2.75, 3.05) is 0 Å². The van der Waals surface area contributed by atoms with Crippen molar-refractivity contribution in [3.8, 4) is 95.0 Å². The third-order valence-electron chi connectivity index (χ3n) is 28.7. The van der Waals surface area contributed by atoms with E-state index in [0.29, 0.717) is 0 Å². The molecule has 22 aromatic carbocycles. The molecule has 1 unspecified atom stereocenters. The van der Waals surface area contributed by atoms with Crippen molar-refractivity contribution < 1.29 is 9.13 Å². The zero-order valence-electron chi connectivity index (χ0n) is 78.4. The van der Waals surface area contributed by atoms with Gasteiger partial charge in [0.25, 0.3) is 0 Å². The smallest absolute Gasteiger partial charge is 0.171 e. The molecule has 0 saturated heterocycles. The summed E-state index contributed by atoms with van der Waals surface area (Å²) in [6.45, 7) is 0. The summed E-state index contributed by atoms with van der Waals surface area (Å²) < 4.78 is 43.7. The number of fused-ring (bicyclic) bond motifs is 19. The molecule has 0 radical (unpaired) electrons. The fourth-order valence-corrected chi connectivity index (χ4v) is 30.7. The summed E-state index contributed by atoms with van der Waals surface area (Å²) in [5.41, 5.74) is 28.4. The molecule has 0 aliphatic rings. The highest BCUT2D eigenvalue weighted by Crippen LogP contribution is 2.52. The van der Waals surface area contributed by atoms with Crippen LogP contribution in [0.25, 0.3) is 216 Å². The Morgan fingerprint density at radius 3 is 1.01 bits per heavy atom. The lowest BCUT2D eigenvalue weighted by molar-refractivity contribution is 0.591. The lowest BCUT2D eigenvalue weighted by Crippen LogP contribution is -2.25. The van der Waals surface area contributed by atoms with E-state index in [-0.39, 0.29) is 0 Å². The molecule has 0 amide bonds. The average molecular weight is 1950 g/mol. The minimum atomic E-state index is -3.15. The largest absolute Gasteiger partial charge is 0.309 e. The Balaban J connectivity index is 0.000000108. The first-order valence-corrected chi connectivity index (χ1v) is 54.7. The van der Waals surface area contributed by atoms with Gasteiger partial charge in [-0.05, 0) is 203 Å². The summed E-state index contributed by atoms with van der Waals surface area (Å²) in [4.78, 5) is 8.84. The molecule has 684 valence electrons. The molecule has 0 bridgehead atoms. The minimum absolute atomic E-state index is 0.832. The molecular formula is C133H87N5O2P2S3. The number of para-hydroxylation sites is 6. The van der Waals surface area contributed by atoms with Crippen LogP contribution in [0.1, 0.15) is 0 Å². The highest BCUT2D eigenvalue weighted by Gasteiger charge is 2.33. The van der Waals surface area contributed by atoms with Crippen LogP contribution in [0.2, 0.25) is 0 Å². The molecular weight excluding hydrogens is 1860 g/mol. The molecule has 29 aromatic rings. The summed E-state index contributed by atoms with van der Waals surface area (Å²) in [5, 5.41) is 16.0. The number of hydrogen-bond acceptors (Lipinski definition) is 6. The van der Waals surface area contributed by atoms with Crippen LogP contribution in [0, 0.1) is 0 Å². The van der Waals surface area contributed by atoms with Crippen molar-refractivity contribution in [3.05, 3.63) is 528 Å². The predicted molar refractivity (Wildman–Crippen MR) is 620 cm³/mol. The van der Waals surface area contributed by atoms with Crippen LogP contribution in [-0.4, -0.2) is 22.8 Å². The summed E-state index contributed by atoms with van der Waals surface area (Å²) >= 11 is 5.54. The lowest BCUT2D eigenvalue weighted by Gasteiger charge is -2.21.